The summed E-state index contributed by atoms with van der Waals surface area (Å²) in [5.41, 5.74) is 1.11. The Bertz CT molecular complexity index is 533. The van der Waals surface area contributed by atoms with Crippen molar-refractivity contribution in [2.45, 2.75) is 13.5 Å². The molecule has 0 saturated carbocycles. The van der Waals surface area contributed by atoms with E-state index in [-0.39, 0.29) is 0 Å². The van der Waals surface area contributed by atoms with E-state index in [9.17, 15) is 8.78 Å². The lowest BCUT2D eigenvalue weighted by atomic mass is 10.1. The summed E-state index contributed by atoms with van der Waals surface area (Å²) in [5.74, 6) is -1.15. The Labute approximate surface area is 97.4 Å². The highest BCUT2D eigenvalue weighted by Crippen LogP contribution is 2.20. The summed E-state index contributed by atoms with van der Waals surface area (Å²) in [6.07, 6.45) is 4.73. The van der Waals surface area contributed by atoms with E-state index in [2.05, 4.69) is 10.1 Å². The van der Waals surface area contributed by atoms with Crippen LogP contribution in [0, 0.1) is 11.6 Å². The lowest BCUT2D eigenvalue weighted by Gasteiger charge is -2.08. The fraction of sp³-hybridized carbons (Fsp3) is 0.167. The zero-order valence-corrected chi connectivity index (χ0v) is 9.27. The van der Waals surface area contributed by atoms with Gasteiger partial charge in [-0.3, -0.25) is 0 Å². The molecule has 0 aliphatic rings. The molecule has 1 aromatic heterocycles. The van der Waals surface area contributed by atoms with Gasteiger partial charge in [-0.05, 0) is 24.6 Å². The minimum Gasteiger partial charge on any atom is -0.249 e. The van der Waals surface area contributed by atoms with Crippen molar-refractivity contribution in [3.05, 3.63) is 54.1 Å². The van der Waals surface area contributed by atoms with Gasteiger partial charge >= 0.3 is 0 Å². The van der Waals surface area contributed by atoms with E-state index in [1.54, 1.807) is 24.0 Å². The Hall–Kier alpha value is -2.04. The van der Waals surface area contributed by atoms with Crippen LogP contribution in [0.2, 0.25) is 0 Å². The Morgan fingerprint density at radius 1 is 1.41 bits per heavy atom. The predicted octanol–water partition coefficient (Wildman–Crippen LogP) is 2.66. The summed E-state index contributed by atoms with van der Waals surface area (Å²) in [7, 11) is 0. The number of aromatic nitrogens is 3. The maximum atomic E-state index is 13.6. The molecule has 0 spiro atoms. The molecule has 3 nitrogen and oxygen atoms in total. The minimum atomic E-state index is -0.581. The standard InChI is InChI=1S/C12H11F2N3/c1-2-9(6-17-8-15-7-16-17)11-4-3-10(13)5-12(11)14/h2-5,7-8H,6H2,1H3/b9-2-. The van der Waals surface area contributed by atoms with Crippen LogP contribution in [0.5, 0.6) is 0 Å². The molecule has 1 aromatic carbocycles. The molecule has 0 atom stereocenters. The molecular weight excluding hydrogens is 224 g/mol. The fourth-order valence-electron chi connectivity index (χ4n) is 1.57. The Morgan fingerprint density at radius 2 is 2.24 bits per heavy atom. The molecule has 5 heteroatoms. The molecule has 0 aliphatic carbocycles. The molecule has 0 N–H and O–H groups in total. The van der Waals surface area contributed by atoms with Crippen LogP contribution < -0.4 is 0 Å². The maximum absolute atomic E-state index is 13.6. The van der Waals surface area contributed by atoms with Crippen molar-refractivity contribution in [1.29, 1.82) is 0 Å². The van der Waals surface area contributed by atoms with Crippen LogP contribution in [-0.2, 0) is 6.54 Å². The lowest BCUT2D eigenvalue weighted by molar-refractivity contribution is 0.579. The Balaban J connectivity index is 2.30. The van der Waals surface area contributed by atoms with E-state index in [4.69, 9.17) is 0 Å². The highest BCUT2D eigenvalue weighted by molar-refractivity contribution is 5.65. The topological polar surface area (TPSA) is 30.7 Å². The molecule has 1 heterocycles. The minimum absolute atomic E-state index is 0.379. The lowest BCUT2D eigenvalue weighted by Crippen LogP contribution is -2.02. The van der Waals surface area contributed by atoms with Gasteiger partial charge in [-0.2, -0.15) is 5.10 Å². The number of nitrogens with zero attached hydrogens (tertiary/aromatic N) is 3. The van der Waals surface area contributed by atoms with Crippen LogP contribution in [0.15, 0.2) is 36.9 Å². The monoisotopic (exact) mass is 235 g/mol. The van der Waals surface area contributed by atoms with Crippen molar-refractivity contribution in [2.75, 3.05) is 0 Å². The van der Waals surface area contributed by atoms with Crippen molar-refractivity contribution in [2.24, 2.45) is 0 Å². The van der Waals surface area contributed by atoms with Crippen molar-refractivity contribution >= 4 is 5.57 Å². The highest BCUT2D eigenvalue weighted by Gasteiger charge is 2.09. The number of hydrogen-bond acceptors (Lipinski definition) is 2. The van der Waals surface area contributed by atoms with Crippen LogP contribution in [0.1, 0.15) is 12.5 Å². The average molecular weight is 235 g/mol. The third-order valence-corrected chi connectivity index (χ3v) is 2.42. The van der Waals surface area contributed by atoms with E-state index in [1.165, 1.54) is 18.5 Å². The van der Waals surface area contributed by atoms with Crippen molar-refractivity contribution in [3.8, 4) is 0 Å². The zero-order valence-electron chi connectivity index (χ0n) is 9.27. The predicted molar refractivity (Wildman–Crippen MR) is 60.0 cm³/mol. The average Bonchev–Trinajstić information content (AvgIpc) is 2.79. The van der Waals surface area contributed by atoms with Crippen LogP contribution >= 0.6 is 0 Å². The summed E-state index contributed by atoms with van der Waals surface area (Å²) in [6, 6.07) is 3.54. The largest absolute Gasteiger partial charge is 0.249 e. The molecule has 0 radical (unpaired) electrons. The van der Waals surface area contributed by atoms with Crippen LogP contribution in [0.3, 0.4) is 0 Å². The smallest absolute Gasteiger partial charge is 0.137 e. The third-order valence-electron chi connectivity index (χ3n) is 2.42. The van der Waals surface area contributed by atoms with Gasteiger partial charge < -0.3 is 0 Å². The molecule has 0 amide bonds. The van der Waals surface area contributed by atoms with Gasteiger partial charge in [-0.15, -0.1) is 0 Å². The van der Waals surface area contributed by atoms with Gasteiger partial charge in [0.05, 0.1) is 6.54 Å². The van der Waals surface area contributed by atoms with E-state index < -0.39 is 11.6 Å². The number of rotatable bonds is 3. The normalized spacial score (nSPS) is 11.8. The summed E-state index contributed by atoms with van der Waals surface area (Å²) >= 11 is 0. The maximum Gasteiger partial charge on any atom is 0.137 e. The molecular formula is C12H11F2N3. The molecule has 0 unspecified atom stereocenters. The van der Waals surface area contributed by atoms with Gasteiger partial charge in [0.25, 0.3) is 0 Å². The first-order valence-corrected chi connectivity index (χ1v) is 5.13. The SMILES string of the molecule is C/C=C(/Cn1cncn1)c1ccc(F)cc1F. The second-order valence-electron chi connectivity index (χ2n) is 3.53. The number of hydrogen-bond donors (Lipinski definition) is 0. The molecule has 0 bridgehead atoms. The second-order valence-corrected chi connectivity index (χ2v) is 3.53. The van der Waals surface area contributed by atoms with E-state index in [0.717, 1.165) is 11.6 Å². The van der Waals surface area contributed by atoms with Gasteiger partial charge in [-0.1, -0.05) is 6.08 Å². The molecule has 17 heavy (non-hydrogen) atoms. The van der Waals surface area contributed by atoms with Crippen molar-refractivity contribution in [1.82, 2.24) is 14.8 Å². The highest BCUT2D eigenvalue weighted by atomic mass is 19.1. The molecule has 0 aliphatic heterocycles. The first-order valence-electron chi connectivity index (χ1n) is 5.13. The van der Waals surface area contributed by atoms with Gasteiger partial charge in [0.2, 0.25) is 0 Å². The van der Waals surface area contributed by atoms with Crippen molar-refractivity contribution in [3.63, 3.8) is 0 Å². The van der Waals surface area contributed by atoms with E-state index in [1.807, 2.05) is 0 Å². The second kappa shape index (κ2) is 4.86. The number of halogens is 2. The van der Waals surface area contributed by atoms with Gasteiger partial charge in [-0.25, -0.2) is 18.4 Å². The molecule has 88 valence electrons. The molecule has 2 rings (SSSR count). The summed E-state index contributed by atoms with van der Waals surface area (Å²) in [4.78, 5) is 3.81. The Kier molecular flexibility index (Phi) is 3.27. The zero-order chi connectivity index (χ0) is 12.3. The third kappa shape index (κ3) is 2.55. The molecule has 0 saturated heterocycles. The van der Waals surface area contributed by atoms with E-state index >= 15 is 0 Å². The van der Waals surface area contributed by atoms with Crippen LogP contribution in [0.4, 0.5) is 8.78 Å². The first-order chi connectivity index (χ1) is 8.20. The quantitative estimate of drug-likeness (QED) is 0.818. The van der Waals surface area contributed by atoms with E-state index in [0.29, 0.717) is 12.1 Å². The summed E-state index contributed by atoms with van der Waals surface area (Å²) in [5, 5.41) is 3.94. The van der Waals surface area contributed by atoms with Crippen molar-refractivity contribution < 1.29 is 8.78 Å². The molecule has 2 aromatic rings. The van der Waals surface area contributed by atoms with Crippen LogP contribution in [-0.4, -0.2) is 14.8 Å². The van der Waals surface area contributed by atoms with Gasteiger partial charge in [0.15, 0.2) is 0 Å². The summed E-state index contributed by atoms with van der Waals surface area (Å²) < 4.78 is 28.0. The fourth-order valence-corrected chi connectivity index (χ4v) is 1.57. The molecule has 0 fully saturated rings. The number of allylic oxidation sites excluding steroid dienone is 2. The van der Waals surface area contributed by atoms with Gasteiger partial charge in [0, 0.05) is 11.6 Å². The Morgan fingerprint density at radius 3 is 2.82 bits per heavy atom. The summed E-state index contributed by atoms with van der Waals surface area (Å²) in [6.45, 7) is 2.20. The first kappa shape index (κ1) is 11.4. The number of benzene rings is 1. The van der Waals surface area contributed by atoms with Gasteiger partial charge in [0.1, 0.15) is 24.3 Å². The van der Waals surface area contributed by atoms with Crippen LogP contribution in [0.25, 0.3) is 5.57 Å².